The zero-order chi connectivity index (χ0) is 13.8. The van der Waals surface area contributed by atoms with Gasteiger partial charge in [0.15, 0.2) is 0 Å². The molecule has 0 radical (unpaired) electrons. The quantitative estimate of drug-likeness (QED) is 0.761. The van der Waals surface area contributed by atoms with Crippen LogP contribution in [0.3, 0.4) is 0 Å². The molecule has 0 amide bonds. The van der Waals surface area contributed by atoms with Crippen LogP contribution < -0.4 is 5.32 Å². The molecule has 1 N–H and O–H groups in total. The molecule has 0 heterocycles. The molecular formula is C16H23Cl2N. The van der Waals surface area contributed by atoms with Gasteiger partial charge in [-0.25, -0.2) is 0 Å². The summed E-state index contributed by atoms with van der Waals surface area (Å²) in [5, 5.41) is 4.97. The summed E-state index contributed by atoms with van der Waals surface area (Å²) in [7, 11) is 0. The molecule has 0 spiro atoms. The number of hydrogen-bond donors (Lipinski definition) is 1. The van der Waals surface area contributed by atoms with Gasteiger partial charge in [-0.2, -0.15) is 0 Å². The van der Waals surface area contributed by atoms with Gasteiger partial charge in [-0.05, 0) is 50.3 Å². The molecule has 19 heavy (non-hydrogen) atoms. The minimum Gasteiger partial charge on any atom is -0.307 e. The third-order valence-corrected chi connectivity index (χ3v) is 5.05. The lowest BCUT2D eigenvalue weighted by molar-refractivity contribution is 0.268. The monoisotopic (exact) mass is 299 g/mol. The van der Waals surface area contributed by atoms with E-state index in [1.807, 2.05) is 12.1 Å². The van der Waals surface area contributed by atoms with Gasteiger partial charge in [-0.1, -0.05) is 48.5 Å². The normalized spacial score (nSPS) is 20.2. The molecule has 106 valence electrons. The summed E-state index contributed by atoms with van der Waals surface area (Å²) < 4.78 is 0. The van der Waals surface area contributed by atoms with Crippen LogP contribution in [0, 0.1) is 5.92 Å². The molecule has 1 unspecified atom stereocenters. The van der Waals surface area contributed by atoms with E-state index in [4.69, 9.17) is 23.2 Å². The Hall–Kier alpha value is -0.240. The number of nitrogens with one attached hydrogen (secondary N) is 1. The maximum Gasteiger partial charge on any atom is 0.0595 e. The van der Waals surface area contributed by atoms with Gasteiger partial charge in [-0.3, -0.25) is 0 Å². The first kappa shape index (κ1) is 15.2. The van der Waals surface area contributed by atoms with E-state index < -0.39 is 0 Å². The van der Waals surface area contributed by atoms with Crippen molar-refractivity contribution in [1.29, 1.82) is 0 Å². The van der Waals surface area contributed by atoms with Crippen molar-refractivity contribution in [3.63, 3.8) is 0 Å². The Morgan fingerprint density at radius 1 is 1.05 bits per heavy atom. The molecular weight excluding hydrogens is 277 g/mol. The van der Waals surface area contributed by atoms with Crippen molar-refractivity contribution >= 4 is 23.2 Å². The van der Waals surface area contributed by atoms with E-state index in [2.05, 4.69) is 25.2 Å². The van der Waals surface area contributed by atoms with Crippen molar-refractivity contribution < 1.29 is 0 Å². The van der Waals surface area contributed by atoms with E-state index in [1.165, 1.54) is 37.7 Å². The highest BCUT2D eigenvalue weighted by molar-refractivity contribution is 6.42. The van der Waals surface area contributed by atoms with Crippen molar-refractivity contribution in [1.82, 2.24) is 5.32 Å². The predicted molar refractivity (Wildman–Crippen MR) is 84.0 cm³/mol. The summed E-state index contributed by atoms with van der Waals surface area (Å²) in [5.74, 6) is 0.818. The van der Waals surface area contributed by atoms with Gasteiger partial charge >= 0.3 is 0 Å². The minimum atomic E-state index is 0.312. The lowest BCUT2D eigenvalue weighted by Crippen LogP contribution is -2.36. The number of halogens is 2. The van der Waals surface area contributed by atoms with Gasteiger partial charge in [0, 0.05) is 12.1 Å². The smallest absolute Gasteiger partial charge is 0.0595 e. The van der Waals surface area contributed by atoms with Crippen molar-refractivity contribution in [2.45, 2.75) is 58.0 Å². The maximum atomic E-state index is 6.08. The summed E-state index contributed by atoms with van der Waals surface area (Å²) in [5.41, 5.74) is 1.21. The Morgan fingerprint density at radius 3 is 2.37 bits per heavy atom. The summed E-state index contributed by atoms with van der Waals surface area (Å²) >= 11 is 12.0. The maximum absolute atomic E-state index is 6.08. The molecule has 1 saturated carbocycles. The molecule has 0 aromatic heterocycles. The van der Waals surface area contributed by atoms with Crippen LogP contribution in [0.4, 0.5) is 0 Å². The minimum absolute atomic E-state index is 0.312. The molecule has 0 aliphatic heterocycles. The van der Waals surface area contributed by atoms with Crippen LogP contribution in [0.2, 0.25) is 10.0 Å². The predicted octanol–water partition coefficient (Wildman–Crippen LogP) is 5.61. The fourth-order valence-corrected chi connectivity index (χ4v) is 3.35. The second-order valence-corrected chi connectivity index (χ2v) is 6.56. The molecule has 2 rings (SSSR count). The number of hydrogen-bond acceptors (Lipinski definition) is 1. The third-order valence-electron chi connectivity index (χ3n) is 4.31. The zero-order valence-corrected chi connectivity index (χ0v) is 13.3. The van der Waals surface area contributed by atoms with Gasteiger partial charge < -0.3 is 5.32 Å². The highest BCUT2D eigenvalue weighted by Crippen LogP contribution is 2.29. The SMILES string of the molecule is CC(N[C@H](C)C1CCCCC1)c1ccc(Cl)c(Cl)c1. The summed E-state index contributed by atoms with van der Waals surface area (Å²) in [4.78, 5) is 0. The van der Waals surface area contributed by atoms with Gasteiger partial charge in [0.1, 0.15) is 0 Å². The van der Waals surface area contributed by atoms with Crippen molar-refractivity contribution in [3.8, 4) is 0 Å². The van der Waals surface area contributed by atoms with E-state index >= 15 is 0 Å². The highest BCUT2D eigenvalue weighted by atomic mass is 35.5. The largest absolute Gasteiger partial charge is 0.307 e. The van der Waals surface area contributed by atoms with Gasteiger partial charge in [0.2, 0.25) is 0 Å². The fraction of sp³-hybridized carbons (Fsp3) is 0.625. The lowest BCUT2D eigenvalue weighted by atomic mass is 9.84. The third kappa shape index (κ3) is 4.11. The van der Waals surface area contributed by atoms with E-state index in [9.17, 15) is 0 Å². The lowest BCUT2D eigenvalue weighted by Gasteiger charge is -2.31. The Kier molecular flexibility index (Phi) is 5.56. The van der Waals surface area contributed by atoms with Crippen LogP contribution >= 0.6 is 23.2 Å². The van der Waals surface area contributed by atoms with Gasteiger partial charge in [-0.15, -0.1) is 0 Å². The Labute approximate surface area is 126 Å². The van der Waals surface area contributed by atoms with Crippen molar-refractivity contribution in [2.75, 3.05) is 0 Å². The van der Waals surface area contributed by atoms with E-state index in [0.717, 1.165) is 5.92 Å². The standard InChI is InChI=1S/C16H23Cl2N/c1-11(13-6-4-3-5-7-13)19-12(2)14-8-9-15(17)16(18)10-14/h8-13,19H,3-7H2,1-2H3/t11-,12?/m1/s1. The van der Waals surface area contributed by atoms with Crippen LogP contribution in [0.25, 0.3) is 0 Å². The van der Waals surface area contributed by atoms with Crippen LogP contribution in [0.5, 0.6) is 0 Å². The Bertz CT molecular complexity index is 413. The van der Waals surface area contributed by atoms with Crippen LogP contribution in [-0.2, 0) is 0 Å². The average Bonchev–Trinajstić information content (AvgIpc) is 2.42. The van der Waals surface area contributed by atoms with Crippen LogP contribution in [0.1, 0.15) is 57.6 Å². The second-order valence-electron chi connectivity index (χ2n) is 5.75. The molecule has 1 aliphatic rings. The van der Waals surface area contributed by atoms with Crippen LogP contribution in [-0.4, -0.2) is 6.04 Å². The molecule has 1 nitrogen and oxygen atoms in total. The zero-order valence-electron chi connectivity index (χ0n) is 11.8. The van der Waals surface area contributed by atoms with E-state index in [0.29, 0.717) is 22.1 Å². The first-order valence-corrected chi connectivity index (χ1v) is 8.04. The summed E-state index contributed by atoms with van der Waals surface area (Å²) in [6, 6.07) is 6.77. The summed E-state index contributed by atoms with van der Waals surface area (Å²) in [6.45, 7) is 4.50. The molecule has 2 atom stereocenters. The topological polar surface area (TPSA) is 12.0 Å². The second kappa shape index (κ2) is 6.97. The number of rotatable bonds is 4. The molecule has 3 heteroatoms. The van der Waals surface area contributed by atoms with Crippen molar-refractivity contribution in [3.05, 3.63) is 33.8 Å². The first-order chi connectivity index (χ1) is 9.08. The van der Waals surface area contributed by atoms with E-state index in [-0.39, 0.29) is 0 Å². The molecule has 1 aromatic rings. The van der Waals surface area contributed by atoms with E-state index in [1.54, 1.807) is 0 Å². The van der Waals surface area contributed by atoms with Gasteiger partial charge in [0.05, 0.1) is 10.0 Å². The molecule has 1 aliphatic carbocycles. The molecule has 0 bridgehead atoms. The fourth-order valence-electron chi connectivity index (χ4n) is 3.04. The number of benzene rings is 1. The molecule has 0 saturated heterocycles. The first-order valence-electron chi connectivity index (χ1n) is 7.29. The molecule has 1 fully saturated rings. The van der Waals surface area contributed by atoms with Gasteiger partial charge in [0.25, 0.3) is 0 Å². The highest BCUT2D eigenvalue weighted by Gasteiger charge is 2.21. The molecule has 1 aromatic carbocycles. The van der Waals surface area contributed by atoms with Crippen molar-refractivity contribution in [2.24, 2.45) is 5.92 Å². The summed E-state index contributed by atoms with van der Waals surface area (Å²) in [6.07, 6.45) is 6.91. The van der Waals surface area contributed by atoms with Crippen LogP contribution in [0.15, 0.2) is 18.2 Å². The average molecular weight is 300 g/mol. The Balaban J connectivity index is 1.95. The Morgan fingerprint density at radius 2 is 1.74 bits per heavy atom.